The van der Waals surface area contributed by atoms with Gasteiger partial charge in [0.05, 0.1) is 17.4 Å². The van der Waals surface area contributed by atoms with Gasteiger partial charge in [-0.3, -0.25) is 4.79 Å². The Morgan fingerprint density at radius 1 is 1.28 bits per heavy atom. The van der Waals surface area contributed by atoms with Crippen molar-refractivity contribution >= 4 is 28.2 Å². The van der Waals surface area contributed by atoms with Crippen molar-refractivity contribution in [3.05, 3.63) is 40.3 Å². The molecule has 3 rings (SSSR count). The number of hydrogen-bond donors (Lipinski definition) is 1. The maximum Gasteiger partial charge on any atom is 0.246 e. The van der Waals surface area contributed by atoms with Crippen LogP contribution in [-0.2, 0) is 4.79 Å². The molecule has 0 spiro atoms. The molecule has 0 unspecified atom stereocenters. The molecular weight excluding hydrogens is 384 g/mol. The summed E-state index contributed by atoms with van der Waals surface area (Å²) >= 11 is 1.61. The lowest BCUT2D eigenvalue weighted by Gasteiger charge is -2.35. The minimum Gasteiger partial charge on any atom is -0.331 e. The normalized spacial score (nSPS) is 17.3. The fourth-order valence-electron chi connectivity index (χ4n) is 3.42. The Balaban J connectivity index is 1.82. The first-order valence-electron chi connectivity index (χ1n) is 10.0. The Kier molecular flexibility index (Phi) is 6.97. The van der Waals surface area contributed by atoms with Crippen LogP contribution < -0.4 is 5.32 Å². The minimum absolute atomic E-state index is 0.0257. The summed E-state index contributed by atoms with van der Waals surface area (Å²) < 4.78 is 0. The topological polar surface area (TPSA) is 74.2 Å². The molecule has 1 fully saturated rings. The van der Waals surface area contributed by atoms with Crippen LogP contribution in [0, 0.1) is 20.8 Å². The molecule has 1 N–H and O–H groups in total. The number of carbonyl (C=O) groups is 1. The molecule has 156 valence electrons. The molecule has 1 aliphatic heterocycles. The van der Waals surface area contributed by atoms with Gasteiger partial charge in [-0.05, 0) is 54.1 Å². The number of rotatable bonds is 6. The van der Waals surface area contributed by atoms with Crippen molar-refractivity contribution in [2.45, 2.75) is 46.1 Å². The number of hydrogen-bond acceptors (Lipinski definition) is 7. The Morgan fingerprint density at radius 3 is 2.76 bits per heavy atom. The van der Waals surface area contributed by atoms with Crippen molar-refractivity contribution in [2.75, 3.05) is 32.5 Å². The van der Waals surface area contributed by atoms with E-state index in [1.165, 1.54) is 4.88 Å². The Bertz CT molecular complexity index is 872. The van der Waals surface area contributed by atoms with E-state index in [0.29, 0.717) is 5.82 Å². The van der Waals surface area contributed by atoms with Crippen molar-refractivity contribution in [1.29, 1.82) is 0 Å². The van der Waals surface area contributed by atoms with Crippen LogP contribution in [0.1, 0.15) is 47.4 Å². The van der Waals surface area contributed by atoms with E-state index in [2.05, 4.69) is 27.2 Å². The highest BCUT2D eigenvalue weighted by Gasteiger charge is 2.28. The van der Waals surface area contributed by atoms with E-state index in [1.807, 2.05) is 49.9 Å². The number of amides is 1. The van der Waals surface area contributed by atoms with Crippen molar-refractivity contribution < 1.29 is 4.79 Å². The van der Waals surface area contributed by atoms with Crippen molar-refractivity contribution in [3.8, 4) is 0 Å². The molecule has 0 saturated carbocycles. The van der Waals surface area contributed by atoms with Crippen molar-refractivity contribution in [1.82, 2.24) is 24.8 Å². The summed E-state index contributed by atoms with van der Waals surface area (Å²) in [6.45, 7) is 7.45. The summed E-state index contributed by atoms with van der Waals surface area (Å²) in [5, 5.41) is 4.14. The molecule has 3 heterocycles. The number of anilines is 2. The summed E-state index contributed by atoms with van der Waals surface area (Å²) in [5.41, 5.74) is 1.91. The Labute approximate surface area is 176 Å². The molecule has 0 bridgehead atoms. The lowest BCUT2D eigenvalue weighted by Crippen LogP contribution is -2.38. The maximum absolute atomic E-state index is 12.8. The summed E-state index contributed by atoms with van der Waals surface area (Å²) in [5.74, 6) is 1.46. The summed E-state index contributed by atoms with van der Waals surface area (Å²) in [7, 11) is 3.98. The smallest absolute Gasteiger partial charge is 0.246 e. The highest BCUT2D eigenvalue weighted by Crippen LogP contribution is 2.32. The van der Waals surface area contributed by atoms with Crippen molar-refractivity contribution in [3.63, 3.8) is 0 Å². The number of piperidine rings is 1. The monoisotopic (exact) mass is 414 g/mol. The molecule has 0 aliphatic carbocycles. The number of nitrogens with zero attached hydrogens (tertiary/aromatic N) is 5. The summed E-state index contributed by atoms with van der Waals surface area (Å²) in [6, 6.07) is 1.93. The van der Waals surface area contributed by atoms with Crippen molar-refractivity contribution in [2.24, 2.45) is 0 Å². The van der Waals surface area contributed by atoms with E-state index in [9.17, 15) is 4.79 Å². The zero-order valence-electron chi connectivity index (χ0n) is 17.9. The second-order valence-corrected chi connectivity index (χ2v) is 8.92. The molecule has 1 aliphatic rings. The molecule has 1 atom stereocenters. The van der Waals surface area contributed by atoms with Crippen LogP contribution in [0.25, 0.3) is 0 Å². The zero-order valence-corrected chi connectivity index (χ0v) is 18.7. The van der Waals surface area contributed by atoms with Gasteiger partial charge in [-0.1, -0.05) is 6.08 Å². The third-order valence-electron chi connectivity index (χ3n) is 4.98. The van der Waals surface area contributed by atoms with E-state index >= 15 is 0 Å². The molecule has 1 saturated heterocycles. The van der Waals surface area contributed by atoms with Crippen LogP contribution in [0.4, 0.5) is 10.9 Å². The molecule has 2 aromatic rings. The Hall–Kier alpha value is -2.32. The first kappa shape index (κ1) is 21.4. The molecule has 29 heavy (non-hydrogen) atoms. The van der Waals surface area contributed by atoms with Gasteiger partial charge >= 0.3 is 0 Å². The molecule has 7 nitrogen and oxygen atoms in total. The predicted octanol–water partition coefficient (Wildman–Crippen LogP) is 3.77. The van der Waals surface area contributed by atoms with Gasteiger partial charge in [0.1, 0.15) is 11.6 Å². The predicted molar refractivity (Wildman–Crippen MR) is 118 cm³/mol. The number of aryl methyl sites for hydroxylation is 3. The second-order valence-electron chi connectivity index (χ2n) is 7.72. The molecule has 8 heteroatoms. The number of aromatic nitrogens is 3. The van der Waals surface area contributed by atoms with Gasteiger partial charge in [-0.2, -0.15) is 0 Å². The molecular formula is C21H30N6OS. The highest BCUT2D eigenvalue weighted by atomic mass is 32.1. The summed E-state index contributed by atoms with van der Waals surface area (Å²) in [4.78, 5) is 31.7. The quantitative estimate of drug-likeness (QED) is 0.725. The van der Waals surface area contributed by atoms with Gasteiger partial charge in [0, 0.05) is 30.1 Å². The highest BCUT2D eigenvalue weighted by molar-refractivity contribution is 7.15. The van der Waals surface area contributed by atoms with Gasteiger partial charge in [0.2, 0.25) is 5.91 Å². The SMILES string of the molecule is Cc1nc(Nc2nc(C)c(C)s2)cc([C@H]2CCCCN2C(=O)/C=C/CN(C)C)n1. The zero-order chi connectivity index (χ0) is 21.0. The third kappa shape index (κ3) is 5.61. The number of likely N-dealkylation sites (tertiary alicyclic amines) is 1. The van der Waals surface area contributed by atoms with Crippen LogP contribution in [0.2, 0.25) is 0 Å². The largest absolute Gasteiger partial charge is 0.331 e. The number of nitrogens with one attached hydrogen (secondary N) is 1. The van der Waals surface area contributed by atoms with Crippen LogP contribution in [-0.4, -0.2) is 57.8 Å². The summed E-state index contributed by atoms with van der Waals surface area (Å²) in [6.07, 6.45) is 6.63. The molecule has 0 aromatic carbocycles. The number of likely N-dealkylation sites (N-methyl/N-ethyl adjacent to an activating group) is 1. The second kappa shape index (κ2) is 9.45. The van der Waals surface area contributed by atoms with Crippen LogP contribution in [0.3, 0.4) is 0 Å². The van der Waals surface area contributed by atoms with E-state index in [4.69, 9.17) is 0 Å². The van der Waals surface area contributed by atoms with Gasteiger partial charge in [0.25, 0.3) is 0 Å². The van der Waals surface area contributed by atoms with Gasteiger partial charge in [-0.15, -0.1) is 11.3 Å². The fraction of sp³-hybridized carbons (Fsp3) is 0.524. The van der Waals surface area contributed by atoms with Gasteiger partial charge in [-0.25, -0.2) is 15.0 Å². The minimum atomic E-state index is -0.0257. The van der Waals surface area contributed by atoms with E-state index in [0.717, 1.165) is 54.7 Å². The molecule has 0 radical (unpaired) electrons. The fourth-order valence-corrected chi connectivity index (χ4v) is 4.25. The standard InChI is InChI=1S/C21H30N6OS/c1-14-15(2)29-21(22-14)25-19-13-17(23-16(3)24-19)18-9-6-7-12-27(18)20(28)10-8-11-26(4)5/h8,10,13,18H,6-7,9,11-12H2,1-5H3,(H,22,23,24,25)/b10-8+/t18-/m1/s1. The van der Waals surface area contributed by atoms with Crippen LogP contribution in [0.15, 0.2) is 18.2 Å². The maximum atomic E-state index is 12.8. The Morgan fingerprint density at radius 2 is 2.07 bits per heavy atom. The van der Waals surface area contributed by atoms with Gasteiger partial charge < -0.3 is 15.1 Å². The average Bonchev–Trinajstić information content (AvgIpc) is 2.98. The molecule has 2 aromatic heterocycles. The van der Waals surface area contributed by atoms with Gasteiger partial charge in [0.15, 0.2) is 5.13 Å². The average molecular weight is 415 g/mol. The number of thiazole rings is 1. The third-order valence-corrected chi connectivity index (χ3v) is 5.97. The van der Waals surface area contributed by atoms with Crippen LogP contribution in [0.5, 0.6) is 0 Å². The van der Waals surface area contributed by atoms with Crippen LogP contribution >= 0.6 is 11.3 Å². The lowest BCUT2D eigenvalue weighted by atomic mass is 9.98. The lowest BCUT2D eigenvalue weighted by molar-refractivity contribution is -0.129. The number of carbonyl (C=O) groups excluding carboxylic acids is 1. The van der Waals surface area contributed by atoms with E-state index < -0.39 is 0 Å². The first-order valence-corrected chi connectivity index (χ1v) is 10.8. The van der Waals surface area contributed by atoms with E-state index in [1.54, 1.807) is 17.4 Å². The molecule has 1 amide bonds. The first-order chi connectivity index (χ1) is 13.8. The van der Waals surface area contributed by atoms with E-state index in [-0.39, 0.29) is 11.9 Å².